The highest BCUT2D eigenvalue weighted by atomic mass is 35.5. The maximum absolute atomic E-state index is 12.1. The standard InChI is InChI=1S/C17H14ClN3O2/c1-12(22)21(16-4-2-3-13(9-16)10-19)11-17(23)20-15-7-5-14(18)6-8-15/h2-9H,11H2,1H3,(H,20,23). The van der Waals surface area contributed by atoms with E-state index in [2.05, 4.69) is 5.32 Å². The van der Waals surface area contributed by atoms with Crippen LogP contribution in [0.25, 0.3) is 0 Å². The van der Waals surface area contributed by atoms with Gasteiger partial charge in [-0.3, -0.25) is 9.59 Å². The van der Waals surface area contributed by atoms with Gasteiger partial charge in [-0.1, -0.05) is 17.7 Å². The van der Waals surface area contributed by atoms with Gasteiger partial charge in [0, 0.05) is 23.3 Å². The molecule has 23 heavy (non-hydrogen) atoms. The summed E-state index contributed by atoms with van der Waals surface area (Å²) >= 11 is 5.79. The first-order valence-electron chi connectivity index (χ1n) is 6.83. The summed E-state index contributed by atoms with van der Waals surface area (Å²) in [6, 6.07) is 15.2. The molecule has 0 aliphatic carbocycles. The third-order valence-corrected chi connectivity index (χ3v) is 3.35. The van der Waals surface area contributed by atoms with Crippen LogP contribution in [0.4, 0.5) is 11.4 Å². The summed E-state index contributed by atoms with van der Waals surface area (Å²) in [5, 5.41) is 12.2. The number of rotatable bonds is 4. The first-order chi connectivity index (χ1) is 11.0. The quantitative estimate of drug-likeness (QED) is 0.937. The van der Waals surface area contributed by atoms with E-state index in [1.807, 2.05) is 6.07 Å². The van der Waals surface area contributed by atoms with E-state index < -0.39 is 0 Å². The second kappa shape index (κ2) is 7.43. The van der Waals surface area contributed by atoms with Crippen molar-refractivity contribution in [2.75, 3.05) is 16.8 Å². The van der Waals surface area contributed by atoms with Gasteiger partial charge in [-0.2, -0.15) is 5.26 Å². The average Bonchev–Trinajstić information content (AvgIpc) is 2.54. The van der Waals surface area contributed by atoms with Crippen molar-refractivity contribution in [2.24, 2.45) is 0 Å². The van der Waals surface area contributed by atoms with E-state index >= 15 is 0 Å². The maximum atomic E-state index is 12.1. The van der Waals surface area contributed by atoms with E-state index in [1.165, 1.54) is 11.8 Å². The zero-order valence-electron chi connectivity index (χ0n) is 12.4. The lowest BCUT2D eigenvalue weighted by atomic mass is 10.2. The Morgan fingerprint density at radius 3 is 2.52 bits per heavy atom. The van der Waals surface area contributed by atoms with Gasteiger partial charge in [0.2, 0.25) is 11.8 Å². The van der Waals surface area contributed by atoms with E-state index in [9.17, 15) is 9.59 Å². The Morgan fingerprint density at radius 2 is 1.91 bits per heavy atom. The number of nitriles is 1. The number of benzene rings is 2. The van der Waals surface area contributed by atoms with Crippen LogP contribution in [-0.2, 0) is 9.59 Å². The lowest BCUT2D eigenvalue weighted by Gasteiger charge is -2.20. The lowest BCUT2D eigenvalue weighted by molar-refractivity contribution is -0.120. The van der Waals surface area contributed by atoms with Crippen LogP contribution < -0.4 is 10.2 Å². The van der Waals surface area contributed by atoms with Crippen LogP contribution in [-0.4, -0.2) is 18.4 Å². The second-order valence-electron chi connectivity index (χ2n) is 4.82. The minimum Gasteiger partial charge on any atom is -0.325 e. The number of anilines is 2. The van der Waals surface area contributed by atoms with Gasteiger partial charge >= 0.3 is 0 Å². The largest absolute Gasteiger partial charge is 0.325 e. The number of nitrogens with one attached hydrogen (secondary N) is 1. The number of carbonyl (C=O) groups is 2. The van der Waals surface area contributed by atoms with E-state index in [1.54, 1.807) is 48.5 Å². The maximum Gasteiger partial charge on any atom is 0.244 e. The summed E-state index contributed by atoms with van der Waals surface area (Å²) in [6.07, 6.45) is 0. The molecule has 0 radical (unpaired) electrons. The summed E-state index contributed by atoms with van der Waals surface area (Å²) in [6.45, 7) is 1.22. The average molecular weight is 328 g/mol. The van der Waals surface area contributed by atoms with Crippen LogP contribution in [0.3, 0.4) is 0 Å². The number of carbonyl (C=O) groups excluding carboxylic acids is 2. The third kappa shape index (κ3) is 4.56. The summed E-state index contributed by atoms with van der Waals surface area (Å²) in [7, 11) is 0. The molecule has 0 atom stereocenters. The zero-order chi connectivity index (χ0) is 16.8. The topological polar surface area (TPSA) is 73.2 Å². The fourth-order valence-electron chi connectivity index (χ4n) is 2.01. The van der Waals surface area contributed by atoms with Crippen molar-refractivity contribution in [3.8, 4) is 6.07 Å². The molecule has 116 valence electrons. The van der Waals surface area contributed by atoms with Gasteiger partial charge in [0.1, 0.15) is 6.54 Å². The van der Waals surface area contributed by atoms with E-state index in [0.29, 0.717) is 22.0 Å². The van der Waals surface area contributed by atoms with E-state index in [4.69, 9.17) is 16.9 Å². The normalized spacial score (nSPS) is 9.78. The van der Waals surface area contributed by atoms with E-state index in [0.717, 1.165) is 0 Å². The molecule has 2 aromatic carbocycles. The van der Waals surface area contributed by atoms with Gasteiger partial charge in [-0.25, -0.2) is 0 Å². The van der Waals surface area contributed by atoms with Gasteiger partial charge in [0.05, 0.1) is 11.6 Å². The Balaban J connectivity index is 2.12. The zero-order valence-corrected chi connectivity index (χ0v) is 13.2. The van der Waals surface area contributed by atoms with Gasteiger partial charge < -0.3 is 10.2 Å². The summed E-state index contributed by atoms with van der Waals surface area (Å²) in [4.78, 5) is 25.3. The van der Waals surface area contributed by atoms with Crippen LogP contribution in [0.1, 0.15) is 12.5 Å². The number of hydrogen-bond acceptors (Lipinski definition) is 3. The molecule has 0 fully saturated rings. The Bertz CT molecular complexity index is 766. The highest BCUT2D eigenvalue weighted by molar-refractivity contribution is 6.30. The summed E-state index contributed by atoms with van der Waals surface area (Å²) in [5.74, 6) is -0.628. The smallest absolute Gasteiger partial charge is 0.244 e. The lowest BCUT2D eigenvalue weighted by Crippen LogP contribution is -2.36. The van der Waals surface area contributed by atoms with Gasteiger partial charge in [0.15, 0.2) is 0 Å². The number of halogens is 1. The third-order valence-electron chi connectivity index (χ3n) is 3.10. The molecule has 2 rings (SSSR count). The Hall–Kier alpha value is -2.84. The number of amides is 2. The highest BCUT2D eigenvalue weighted by Crippen LogP contribution is 2.17. The molecule has 2 amide bonds. The molecule has 0 saturated heterocycles. The van der Waals surface area contributed by atoms with Crippen molar-refractivity contribution < 1.29 is 9.59 Å². The van der Waals surface area contributed by atoms with Crippen molar-refractivity contribution in [2.45, 2.75) is 6.92 Å². The molecule has 1 N–H and O–H groups in total. The van der Waals surface area contributed by atoms with Crippen LogP contribution in [0.15, 0.2) is 48.5 Å². The van der Waals surface area contributed by atoms with Crippen molar-refractivity contribution in [1.82, 2.24) is 0 Å². The molecule has 2 aromatic rings. The van der Waals surface area contributed by atoms with E-state index in [-0.39, 0.29) is 18.4 Å². The van der Waals surface area contributed by atoms with Crippen LogP contribution in [0.2, 0.25) is 5.02 Å². The summed E-state index contributed by atoms with van der Waals surface area (Å²) in [5.41, 5.74) is 1.52. The van der Waals surface area contributed by atoms with Gasteiger partial charge in [-0.05, 0) is 42.5 Å². The van der Waals surface area contributed by atoms with Crippen LogP contribution >= 0.6 is 11.6 Å². The van der Waals surface area contributed by atoms with Crippen LogP contribution in [0.5, 0.6) is 0 Å². The number of nitrogens with zero attached hydrogens (tertiary/aromatic N) is 2. The van der Waals surface area contributed by atoms with Crippen molar-refractivity contribution in [1.29, 1.82) is 5.26 Å². The fourth-order valence-corrected chi connectivity index (χ4v) is 2.13. The van der Waals surface area contributed by atoms with Gasteiger partial charge in [-0.15, -0.1) is 0 Å². The number of hydrogen-bond donors (Lipinski definition) is 1. The van der Waals surface area contributed by atoms with Crippen molar-refractivity contribution in [3.63, 3.8) is 0 Å². The predicted octanol–water partition coefficient (Wildman–Crippen LogP) is 3.20. The van der Waals surface area contributed by atoms with Crippen molar-refractivity contribution >= 4 is 34.8 Å². The molecule has 0 spiro atoms. The second-order valence-corrected chi connectivity index (χ2v) is 5.26. The molecule has 0 bridgehead atoms. The molecule has 6 heteroatoms. The SMILES string of the molecule is CC(=O)N(CC(=O)Nc1ccc(Cl)cc1)c1cccc(C#N)c1. The summed E-state index contributed by atoms with van der Waals surface area (Å²) < 4.78 is 0. The Kier molecular flexibility index (Phi) is 5.34. The van der Waals surface area contributed by atoms with Gasteiger partial charge in [0.25, 0.3) is 0 Å². The van der Waals surface area contributed by atoms with Crippen molar-refractivity contribution in [3.05, 3.63) is 59.1 Å². The monoisotopic (exact) mass is 327 g/mol. The Morgan fingerprint density at radius 1 is 1.22 bits per heavy atom. The Labute approximate surface area is 139 Å². The minimum absolute atomic E-state index is 0.146. The molecule has 0 unspecified atom stereocenters. The first-order valence-corrected chi connectivity index (χ1v) is 7.21. The molecule has 5 nitrogen and oxygen atoms in total. The minimum atomic E-state index is -0.343. The van der Waals surface area contributed by atoms with Crippen LogP contribution in [0, 0.1) is 11.3 Å². The predicted molar refractivity (Wildman–Crippen MR) is 89.3 cm³/mol. The fraction of sp³-hybridized carbons (Fsp3) is 0.118. The molecule has 0 aliphatic rings. The molecule has 0 saturated carbocycles. The first kappa shape index (κ1) is 16.5. The molecule has 0 aliphatic heterocycles. The molecule has 0 aromatic heterocycles. The molecular weight excluding hydrogens is 314 g/mol. The molecule has 0 heterocycles. The highest BCUT2D eigenvalue weighted by Gasteiger charge is 2.16. The molecular formula is C17H14ClN3O2.